The van der Waals surface area contributed by atoms with Crippen LogP contribution < -0.4 is 33.6 Å². The van der Waals surface area contributed by atoms with Crippen molar-refractivity contribution in [1.29, 1.82) is 0 Å². The van der Waals surface area contributed by atoms with Crippen molar-refractivity contribution in [3.8, 4) is 0 Å². The molecule has 0 saturated carbocycles. The van der Waals surface area contributed by atoms with Crippen LogP contribution in [0.3, 0.4) is 0 Å². The third-order valence-electron chi connectivity index (χ3n) is 3.35. The van der Waals surface area contributed by atoms with Crippen molar-refractivity contribution in [3.63, 3.8) is 0 Å². The summed E-state index contributed by atoms with van der Waals surface area (Å²) in [6.07, 6.45) is 2.54. The fourth-order valence-electron chi connectivity index (χ4n) is 2.06. The first-order valence-corrected chi connectivity index (χ1v) is 8.70. The fraction of sp³-hybridized carbons (Fsp3) is 0.714. The molecule has 0 aliphatic heterocycles. The van der Waals surface area contributed by atoms with Gasteiger partial charge in [0.05, 0.1) is 5.75 Å². The number of amides is 3. The number of aliphatic imine (C=N–C) groups is 1. The molecule has 0 unspecified atom stereocenters. The molecule has 0 bridgehead atoms. The zero-order chi connectivity index (χ0) is 19.2. The van der Waals surface area contributed by atoms with Gasteiger partial charge in [-0.3, -0.25) is 19.4 Å². The van der Waals surface area contributed by atoms with Crippen LogP contribution in [0.15, 0.2) is 4.99 Å². The van der Waals surface area contributed by atoms with E-state index in [0.29, 0.717) is 38.8 Å². The van der Waals surface area contributed by atoms with Gasteiger partial charge in [-0.1, -0.05) is 0 Å². The predicted octanol–water partition coefficient (Wildman–Crippen LogP) is -2.45. The first-order chi connectivity index (χ1) is 11.8. The van der Waals surface area contributed by atoms with Crippen molar-refractivity contribution in [3.05, 3.63) is 0 Å². The first-order valence-electron chi connectivity index (χ1n) is 8.07. The molecule has 3 amide bonds. The van der Waals surface area contributed by atoms with Gasteiger partial charge in [0.25, 0.3) is 0 Å². The lowest BCUT2D eigenvalue weighted by Crippen LogP contribution is -2.53. The first kappa shape index (κ1) is 23.0. The summed E-state index contributed by atoms with van der Waals surface area (Å²) < 4.78 is 0. The van der Waals surface area contributed by atoms with Crippen LogP contribution in [-0.4, -0.2) is 54.6 Å². The van der Waals surface area contributed by atoms with Gasteiger partial charge < -0.3 is 33.6 Å². The topological polar surface area (TPSA) is 192 Å². The molecule has 10 N–H and O–H groups in total. The van der Waals surface area contributed by atoms with E-state index < -0.39 is 29.8 Å². The second-order valence-corrected chi connectivity index (χ2v) is 5.79. The molecule has 0 aliphatic rings. The SMILES string of the molecule is NCCCC[C@H](NC(=O)[C@H](CCCN=C(N)N)NC(=O)CS)C(N)=O. The summed E-state index contributed by atoms with van der Waals surface area (Å²) in [5.74, 6) is -1.63. The number of thiol groups is 1. The smallest absolute Gasteiger partial charge is 0.243 e. The van der Waals surface area contributed by atoms with E-state index in [1.807, 2.05) is 0 Å². The molecule has 144 valence electrons. The van der Waals surface area contributed by atoms with Crippen LogP contribution in [-0.2, 0) is 14.4 Å². The molecule has 0 radical (unpaired) electrons. The van der Waals surface area contributed by atoms with E-state index in [9.17, 15) is 14.4 Å². The van der Waals surface area contributed by atoms with E-state index in [2.05, 4.69) is 28.3 Å². The fourth-order valence-corrected chi connectivity index (χ4v) is 2.15. The van der Waals surface area contributed by atoms with Gasteiger partial charge in [0.1, 0.15) is 12.1 Å². The van der Waals surface area contributed by atoms with Gasteiger partial charge in [0.2, 0.25) is 17.7 Å². The predicted molar refractivity (Wildman–Crippen MR) is 99.7 cm³/mol. The molecule has 0 heterocycles. The Morgan fingerprint density at radius 3 is 2.12 bits per heavy atom. The van der Waals surface area contributed by atoms with Crippen LogP contribution in [0.4, 0.5) is 0 Å². The minimum atomic E-state index is -0.829. The Morgan fingerprint density at radius 1 is 0.960 bits per heavy atom. The van der Waals surface area contributed by atoms with Crippen molar-refractivity contribution >= 4 is 36.3 Å². The summed E-state index contributed by atoms with van der Waals surface area (Å²) in [6, 6.07) is -1.64. The quantitative estimate of drug-likeness (QED) is 0.0808. The van der Waals surface area contributed by atoms with Crippen molar-refractivity contribution in [2.24, 2.45) is 27.9 Å². The van der Waals surface area contributed by atoms with Gasteiger partial charge in [0.15, 0.2) is 5.96 Å². The van der Waals surface area contributed by atoms with Gasteiger partial charge in [-0.25, -0.2) is 0 Å². The molecule has 0 aromatic rings. The van der Waals surface area contributed by atoms with E-state index in [0.717, 1.165) is 6.42 Å². The molecule has 0 aliphatic carbocycles. The largest absolute Gasteiger partial charge is 0.370 e. The Labute approximate surface area is 152 Å². The van der Waals surface area contributed by atoms with Crippen molar-refractivity contribution in [2.45, 2.75) is 44.2 Å². The summed E-state index contributed by atoms with van der Waals surface area (Å²) in [6.45, 7) is 0.809. The van der Waals surface area contributed by atoms with E-state index >= 15 is 0 Å². The van der Waals surface area contributed by atoms with Crippen molar-refractivity contribution in [1.82, 2.24) is 10.6 Å². The summed E-state index contributed by atoms with van der Waals surface area (Å²) in [4.78, 5) is 39.3. The average Bonchev–Trinajstić information content (AvgIpc) is 2.55. The second kappa shape index (κ2) is 13.3. The number of unbranched alkanes of at least 4 members (excludes halogenated alkanes) is 1. The number of hydrogen-bond acceptors (Lipinski definition) is 6. The standard InChI is InChI=1S/C14H29N7O3S/c15-6-2-1-4-9(12(16)23)21-13(24)10(20-11(22)8-25)5-3-7-19-14(17)18/h9-10,25H,1-8,15H2,(H2,16,23)(H,20,22)(H,21,24)(H4,17,18,19)/t9-,10-/m0/s1. The van der Waals surface area contributed by atoms with Crippen molar-refractivity contribution < 1.29 is 14.4 Å². The maximum atomic E-state index is 12.4. The summed E-state index contributed by atoms with van der Waals surface area (Å²) in [5.41, 5.74) is 21.2. The van der Waals surface area contributed by atoms with E-state index in [1.54, 1.807) is 0 Å². The molecular formula is C14H29N7O3S. The highest BCUT2D eigenvalue weighted by molar-refractivity contribution is 7.81. The highest BCUT2D eigenvalue weighted by atomic mass is 32.1. The molecule has 0 aromatic carbocycles. The van der Waals surface area contributed by atoms with Crippen molar-refractivity contribution in [2.75, 3.05) is 18.8 Å². The number of nitrogens with zero attached hydrogens (tertiary/aromatic N) is 1. The number of rotatable bonds is 13. The molecule has 11 heteroatoms. The molecule has 0 saturated heterocycles. The average molecular weight is 375 g/mol. The number of nitrogens with one attached hydrogen (secondary N) is 2. The Morgan fingerprint density at radius 2 is 1.60 bits per heavy atom. The van der Waals surface area contributed by atoms with Gasteiger partial charge in [-0.05, 0) is 38.6 Å². The zero-order valence-electron chi connectivity index (χ0n) is 14.2. The number of carbonyl (C=O) groups excluding carboxylic acids is 3. The molecular weight excluding hydrogens is 346 g/mol. The van der Waals surface area contributed by atoms with Gasteiger partial charge in [-0.2, -0.15) is 12.6 Å². The number of carbonyl (C=O) groups is 3. The van der Waals surface area contributed by atoms with Crippen LogP contribution >= 0.6 is 12.6 Å². The van der Waals surface area contributed by atoms with Crippen LogP contribution in [0.2, 0.25) is 0 Å². The Balaban J connectivity index is 4.76. The summed E-state index contributed by atoms with van der Waals surface area (Å²) >= 11 is 3.87. The summed E-state index contributed by atoms with van der Waals surface area (Å²) in [5, 5.41) is 5.13. The normalized spacial score (nSPS) is 12.7. The lowest BCUT2D eigenvalue weighted by Gasteiger charge is -2.21. The highest BCUT2D eigenvalue weighted by Gasteiger charge is 2.24. The van der Waals surface area contributed by atoms with E-state index in [-0.39, 0.29) is 11.7 Å². The third kappa shape index (κ3) is 11.2. The summed E-state index contributed by atoms with van der Waals surface area (Å²) in [7, 11) is 0. The zero-order valence-corrected chi connectivity index (χ0v) is 15.1. The number of nitrogens with two attached hydrogens (primary N) is 4. The maximum absolute atomic E-state index is 12.4. The maximum Gasteiger partial charge on any atom is 0.243 e. The number of primary amides is 1. The highest BCUT2D eigenvalue weighted by Crippen LogP contribution is 2.04. The Kier molecular flexibility index (Phi) is 12.2. The number of guanidine groups is 1. The van der Waals surface area contributed by atoms with Crippen LogP contribution in [0.25, 0.3) is 0 Å². The minimum absolute atomic E-state index is 0.0471. The van der Waals surface area contributed by atoms with Gasteiger partial charge >= 0.3 is 0 Å². The van der Waals surface area contributed by atoms with E-state index in [1.165, 1.54) is 0 Å². The van der Waals surface area contributed by atoms with Gasteiger partial charge in [0, 0.05) is 6.54 Å². The van der Waals surface area contributed by atoms with Gasteiger partial charge in [-0.15, -0.1) is 0 Å². The lowest BCUT2D eigenvalue weighted by atomic mass is 10.1. The van der Waals surface area contributed by atoms with Crippen LogP contribution in [0.1, 0.15) is 32.1 Å². The van der Waals surface area contributed by atoms with Crippen LogP contribution in [0, 0.1) is 0 Å². The molecule has 10 nitrogen and oxygen atoms in total. The molecule has 0 rings (SSSR count). The molecule has 2 atom stereocenters. The molecule has 0 aromatic heterocycles. The lowest BCUT2D eigenvalue weighted by molar-refractivity contribution is -0.131. The molecule has 0 fully saturated rings. The molecule has 0 spiro atoms. The third-order valence-corrected chi connectivity index (χ3v) is 3.63. The Bertz CT molecular complexity index is 469. The second-order valence-electron chi connectivity index (χ2n) is 5.48. The number of hydrogen-bond donors (Lipinski definition) is 7. The van der Waals surface area contributed by atoms with Crippen LogP contribution in [0.5, 0.6) is 0 Å². The monoisotopic (exact) mass is 375 g/mol. The molecule has 25 heavy (non-hydrogen) atoms. The minimum Gasteiger partial charge on any atom is -0.370 e. The Hall–Kier alpha value is -2.01. The van der Waals surface area contributed by atoms with E-state index in [4.69, 9.17) is 22.9 Å².